The van der Waals surface area contributed by atoms with Crippen LogP contribution in [0, 0.1) is 5.82 Å². The molecule has 1 N–H and O–H groups in total. The minimum Gasteiger partial charge on any atom is -0.385 e. The second kappa shape index (κ2) is 6.19. The fraction of sp³-hybridized carbons (Fsp3) is 0.333. The van der Waals surface area contributed by atoms with Gasteiger partial charge in [0.05, 0.1) is 5.60 Å². The van der Waals surface area contributed by atoms with Crippen molar-refractivity contribution >= 4 is 0 Å². The summed E-state index contributed by atoms with van der Waals surface area (Å²) in [6.45, 7) is 3.92. The van der Waals surface area contributed by atoms with Crippen LogP contribution >= 0.6 is 0 Å². The standard InChI is InChI=1S/C18H21FO/c1-3-5-14-8-10-16(11-9-14)18(2,20)13-15-6-4-7-17(19)12-15/h4,6-12,20H,3,5,13H2,1-2H3. The van der Waals surface area contributed by atoms with Crippen LogP contribution in [0.2, 0.25) is 0 Å². The molecule has 0 spiro atoms. The van der Waals surface area contributed by atoms with E-state index in [-0.39, 0.29) is 5.82 Å². The molecule has 0 radical (unpaired) electrons. The molecule has 0 heterocycles. The van der Waals surface area contributed by atoms with E-state index in [2.05, 4.69) is 19.1 Å². The molecule has 0 amide bonds. The van der Waals surface area contributed by atoms with E-state index in [0.717, 1.165) is 24.0 Å². The Morgan fingerprint density at radius 2 is 1.75 bits per heavy atom. The second-order valence-corrected chi connectivity index (χ2v) is 5.53. The van der Waals surface area contributed by atoms with Crippen molar-refractivity contribution in [2.75, 3.05) is 0 Å². The molecule has 0 aliphatic heterocycles. The van der Waals surface area contributed by atoms with Gasteiger partial charge in [-0.3, -0.25) is 0 Å². The Bertz CT molecular complexity index is 558. The quantitative estimate of drug-likeness (QED) is 0.863. The number of benzene rings is 2. The summed E-state index contributed by atoms with van der Waals surface area (Å²) in [5, 5.41) is 10.6. The minimum absolute atomic E-state index is 0.267. The van der Waals surface area contributed by atoms with Crippen LogP contribution in [0.4, 0.5) is 4.39 Å². The van der Waals surface area contributed by atoms with Gasteiger partial charge in [-0.15, -0.1) is 0 Å². The van der Waals surface area contributed by atoms with Crippen molar-refractivity contribution in [3.8, 4) is 0 Å². The van der Waals surface area contributed by atoms with Gasteiger partial charge in [-0.1, -0.05) is 49.7 Å². The van der Waals surface area contributed by atoms with Gasteiger partial charge in [0, 0.05) is 6.42 Å². The first kappa shape index (κ1) is 14.7. The highest BCUT2D eigenvalue weighted by Gasteiger charge is 2.23. The maximum Gasteiger partial charge on any atom is 0.123 e. The minimum atomic E-state index is -0.988. The van der Waals surface area contributed by atoms with Gasteiger partial charge in [0.25, 0.3) is 0 Å². The Morgan fingerprint density at radius 1 is 1.05 bits per heavy atom. The van der Waals surface area contributed by atoms with Crippen molar-refractivity contribution in [3.05, 3.63) is 71.0 Å². The van der Waals surface area contributed by atoms with E-state index in [4.69, 9.17) is 0 Å². The van der Waals surface area contributed by atoms with Crippen molar-refractivity contribution in [2.45, 2.75) is 38.7 Å². The molecule has 20 heavy (non-hydrogen) atoms. The van der Waals surface area contributed by atoms with E-state index in [9.17, 15) is 9.50 Å². The third-order valence-electron chi connectivity index (χ3n) is 3.55. The Hall–Kier alpha value is -1.67. The van der Waals surface area contributed by atoms with Crippen LogP contribution in [0.3, 0.4) is 0 Å². The maximum absolute atomic E-state index is 13.2. The predicted molar refractivity (Wildman–Crippen MR) is 80.1 cm³/mol. The molecule has 0 aliphatic rings. The van der Waals surface area contributed by atoms with E-state index >= 15 is 0 Å². The molecule has 2 aromatic carbocycles. The predicted octanol–water partition coefficient (Wildman–Crippen LogP) is 4.23. The van der Waals surface area contributed by atoms with Crippen LogP contribution in [0.25, 0.3) is 0 Å². The molecule has 2 heteroatoms. The molecule has 0 aliphatic carbocycles. The highest BCUT2D eigenvalue weighted by Crippen LogP contribution is 2.26. The Morgan fingerprint density at radius 3 is 2.35 bits per heavy atom. The third kappa shape index (κ3) is 3.67. The number of halogens is 1. The SMILES string of the molecule is CCCc1ccc(C(C)(O)Cc2cccc(F)c2)cc1. The van der Waals surface area contributed by atoms with Crippen molar-refractivity contribution in [2.24, 2.45) is 0 Å². The Kier molecular flexibility index (Phi) is 4.56. The summed E-state index contributed by atoms with van der Waals surface area (Å²) in [4.78, 5) is 0. The first-order valence-electron chi connectivity index (χ1n) is 7.07. The summed E-state index contributed by atoms with van der Waals surface area (Å²) in [5.74, 6) is -0.267. The zero-order valence-corrected chi connectivity index (χ0v) is 12.1. The zero-order valence-electron chi connectivity index (χ0n) is 12.1. The molecule has 2 rings (SSSR count). The van der Waals surface area contributed by atoms with Crippen LogP contribution in [0.5, 0.6) is 0 Å². The van der Waals surface area contributed by atoms with E-state index in [0.29, 0.717) is 6.42 Å². The molecule has 106 valence electrons. The zero-order chi connectivity index (χ0) is 14.6. The lowest BCUT2D eigenvalue weighted by molar-refractivity contribution is 0.0575. The van der Waals surface area contributed by atoms with Crippen LogP contribution in [-0.2, 0) is 18.4 Å². The van der Waals surface area contributed by atoms with Gasteiger partial charge in [0.1, 0.15) is 5.82 Å². The van der Waals surface area contributed by atoms with Crippen LogP contribution in [-0.4, -0.2) is 5.11 Å². The summed E-state index contributed by atoms with van der Waals surface area (Å²) in [6.07, 6.45) is 2.56. The summed E-state index contributed by atoms with van der Waals surface area (Å²) in [7, 11) is 0. The summed E-state index contributed by atoms with van der Waals surface area (Å²) in [5.41, 5.74) is 1.95. The molecular weight excluding hydrogens is 251 g/mol. The van der Waals surface area contributed by atoms with Crippen molar-refractivity contribution in [1.82, 2.24) is 0 Å². The smallest absolute Gasteiger partial charge is 0.123 e. The number of aliphatic hydroxyl groups is 1. The van der Waals surface area contributed by atoms with E-state index in [1.54, 1.807) is 13.0 Å². The average molecular weight is 272 g/mol. The Balaban J connectivity index is 2.16. The Labute approximate surface area is 120 Å². The van der Waals surface area contributed by atoms with E-state index in [1.807, 2.05) is 18.2 Å². The molecule has 1 nitrogen and oxygen atoms in total. The lowest BCUT2D eigenvalue weighted by Crippen LogP contribution is -2.24. The van der Waals surface area contributed by atoms with Gasteiger partial charge in [-0.05, 0) is 42.2 Å². The molecule has 0 bridgehead atoms. The first-order chi connectivity index (χ1) is 9.51. The van der Waals surface area contributed by atoms with E-state index < -0.39 is 5.60 Å². The van der Waals surface area contributed by atoms with Gasteiger partial charge >= 0.3 is 0 Å². The summed E-state index contributed by atoms with van der Waals surface area (Å²) >= 11 is 0. The molecule has 1 unspecified atom stereocenters. The molecule has 1 atom stereocenters. The molecule has 0 fully saturated rings. The average Bonchev–Trinajstić information content (AvgIpc) is 2.39. The molecule has 0 aromatic heterocycles. The van der Waals surface area contributed by atoms with Gasteiger partial charge < -0.3 is 5.11 Å². The summed E-state index contributed by atoms with van der Waals surface area (Å²) < 4.78 is 13.2. The van der Waals surface area contributed by atoms with Crippen LogP contribution in [0.1, 0.15) is 37.0 Å². The van der Waals surface area contributed by atoms with Gasteiger partial charge in [0.15, 0.2) is 0 Å². The largest absolute Gasteiger partial charge is 0.385 e. The fourth-order valence-corrected chi connectivity index (χ4v) is 2.47. The highest BCUT2D eigenvalue weighted by molar-refractivity contribution is 5.29. The number of rotatable bonds is 5. The van der Waals surface area contributed by atoms with Crippen LogP contribution in [0.15, 0.2) is 48.5 Å². The first-order valence-corrected chi connectivity index (χ1v) is 7.07. The fourth-order valence-electron chi connectivity index (χ4n) is 2.47. The summed E-state index contributed by atoms with van der Waals surface area (Å²) in [6, 6.07) is 14.4. The normalized spacial score (nSPS) is 14.0. The van der Waals surface area contributed by atoms with Gasteiger partial charge in [-0.2, -0.15) is 0 Å². The lowest BCUT2D eigenvalue weighted by atomic mass is 9.88. The van der Waals surface area contributed by atoms with Crippen molar-refractivity contribution < 1.29 is 9.50 Å². The highest BCUT2D eigenvalue weighted by atomic mass is 19.1. The number of aryl methyl sites for hydroxylation is 1. The maximum atomic E-state index is 13.2. The van der Waals surface area contributed by atoms with E-state index in [1.165, 1.54) is 17.7 Å². The molecule has 0 saturated heterocycles. The molecular formula is C18H21FO. The van der Waals surface area contributed by atoms with Crippen LogP contribution < -0.4 is 0 Å². The second-order valence-electron chi connectivity index (χ2n) is 5.53. The van der Waals surface area contributed by atoms with Crippen molar-refractivity contribution in [1.29, 1.82) is 0 Å². The molecule has 2 aromatic rings. The topological polar surface area (TPSA) is 20.2 Å². The lowest BCUT2D eigenvalue weighted by Gasteiger charge is -2.24. The van der Waals surface area contributed by atoms with Gasteiger partial charge in [-0.25, -0.2) is 4.39 Å². The monoisotopic (exact) mass is 272 g/mol. The number of hydrogen-bond acceptors (Lipinski definition) is 1. The molecule has 0 saturated carbocycles. The number of hydrogen-bond donors (Lipinski definition) is 1. The third-order valence-corrected chi connectivity index (χ3v) is 3.55. The van der Waals surface area contributed by atoms with Crippen molar-refractivity contribution in [3.63, 3.8) is 0 Å². The van der Waals surface area contributed by atoms with Gasteiger partial charge in [0.2, 0.25) is 0 Å².